The number of oxime groups is 1. The summed E-state index contributed by atoms with van der Waals surface area (Å²) in [6, 6.07) is 13.5. The molecule has 0 radical (unpaired) electrons. The largest absolute Gasteiger partial charge is 0.493 e. The average molecular weight is 408 g/mol. The molecule has 1 aliphatic heterocycles. The lowest BCUT2D eigenvalue weighted by Crippen LogP contribution is -2.38. The average Bonchev–Trinajstić information content (AvgIpc) is 3.22. The van der Waals surface area contributed by atoms with E-state index in [-0.39, 0.29) is 12.5 Å². The van der Waals surface area contributed by atoms with E-state index in [1.807, 2.05) is 42.5 Å². The molecule has 0 spiro atoms. The fourth-order valence-corrected chi connectivity index (χ4v) is 3.58. The first kappa shape index (κ1) is 19.8. The number of rotatable bonds is 6. The van der Waals surface area contributed by atoms with Gasteiger partial charge in [0.15, 0.2) is 23.9 Å². The highest BCUT2D eigenvalue weighted by atomic mass is 16.6. The molecule has 2 heterocycles. The standard InChI is InChI=1S/C23H24N2O5/c1-15(20-11-17-6-4-5-7-19(17)30-20)24-29-14-23(26)25-9-8-16-10-21(27-2)22(28-3)12-18(16)13-25/h4-7,10-12H,8-9,13-14H2,1-3H3. The smallest absolute Gasteiger partial charge is 0.263 e. The van der Waals surface area contributed by atoms with Gasteiger partial charge in [0.2, 0.25) is 0 Å². The second kappa shape index (κ2) is 8.49. The molecule has 0 saturated carbocycles. The van der Waals surface area contributed by atoms with Crippen LogP contribution in [0.2, 0.25) is 0 Å². The second-order valence-electron chi connectivity index (χ2n) is 7.14. The van der Waals surface area contributed by atoms with Crippen LogP contribution in [-0.4, -0.2) is 43.9 Å². The number of methoxy groups -OCH3 is 2. The minimum absolute atomic E-state index is 0.114. The quantitative estimate of drug-likeness (QED) is 0.458. The fraction of sp³-hybridized carbons (Fsp3) is 0.304. The summed E-state index contributed by atoms with van der Waals surface area (Å²) in [5.74, 6) is 1.87. The van der Waals surface area contributed by atoms with Gasteiger partial charge in [0.05, 0.1) is 14.2 Å². The molecule has 3 aromatic rings. The third kappa shape index (κ3) is 3.96. The zero-order valence-electron chi connectivity index (χ0n) is 17.3. The highest BCUT2D eigenvalue weighted by Gasteiger charge is 2.23. The van der Waals surface area contributed by atoms with Crippen molar-refractivity contribution < 1.29 is 23.5 Å². The van der Waals surface area contributed by atoms with Crippen LogP contribution in [0.15, 0.2) is 52.0 Å². The summed E-state index contributed by atoms with van der Waals surface area (Å²) in [7, 11) is 3.22. The van der Waals surface area contributed by atoms with Gasteiger partial charge in [-0.05, 0) is 48.7 Å². The van der Waals surface area contributed by atoms with Gasteiger partial charge >= 0.3 is 0 Å². The molecular weight excluding hydrogens is 384 g/mol. The maximum absolute atomic E-state index is 12.6. The summed E-state index contributed by atoms with van der Waals surface area (Å²) >= 11 is 0. The van der Waals surface area contributed by atoms with Crippen LogP contribution in [-0.2, 0) is 22.6 Å². The van der Waals surface area contributed by atoms with Crippen molar-refractivity contribution in [3.8, 4) is 11.5 Å². The Labute approximate surface area is 174 Å². The predicted molar refractivity (Wildman–Crippen MR) is 113 cm³/mol. The Morgan fingerprint density at radius 3 is 2.57 bits per heavy atom. The summed E-state index contributed by atoms with van der Waals surface area (Å²) < 4.78 is 16.5. The van der Waals surface area contributed by atoms with Crippen molar-refractivity contribution in [1.82, 2.24) is 4.90 Å². The molecule has 156 valence electrons. The Bertz CT molecular complexity index is 1070. The van der Waals surface area contributed by atoms with Gasteiger partial charge in [0.1, 0.15) is 11.3 Å². The Morgan fingerprint density at radius 1 is 1.10 bits per heavy atom. The molecule has 0 saturated heterocycles. The van der Waals surface area contributed by atoms with Gasteiger partial charge in [0.25, 0.3) is 5.91 Å². The first-order chi connectivity index (χ1) is 14.6. The van der Waals surface area contributed by atoms with Gasteiger partial charge in [-0.15, -0.1) is 0 Å². The molecule has 4 rings (SSSR count). The predicted octanol–water partition coefficient (Wildman–Crippen LogP) is 3.78. The van der Waals surface area contributed by atoms with Crippen molar-refractivity contribution in [2.45, 2.75) is 19.9 Å². The van der Waals surface area contributed by atoms with Crippen LogP contribution in [0, 0.1) is 0 Å². The number of carbonyl (C=O) groups is 1. The van der Waals surface area contributed by atoms with E-state index in [1.54, 1.807) is 26.0 Å². The number of carbonyl (C=O) groups excluding carboxylic acids is 1. The zero-order valence-corrected chi connectivity index (χ0v) is 17.3. The fourth-order valence-electron chi connectivity index (χ4n) is 3.58. The molecule has 1 aliphatic rings. The normalized spacial score (nSPS) is 13.8. The Morgan fingerprint density at radius 2 is 1.83 bits per heavy atom. The van der Waals surface area contributed by atoms with Crippen LogP contribution in [0.1, 0.15) is 23.8 Å². The number of fused-ring (bicyclic) bond motifs is 2. The van der Waals surface area contributed by atoms with Crippen molar-refractivity contribution in [3.05, 3.63) is 59.4 Å². The molecule has 1 aromatic heterocycles. The number of furan rings is 1. The molecule has 0 aliphatic carbocycles. The number of amides is 1. The molecule has 30 heavy (non-hydrogen) atoms. The minimum Gasteiger partial charge on any atom is -0.493 e. The number of benzene rings is 2. The van der Waals surface area contributed by atoms with E-state index >= 15 is 0 Å². The lowest BCUT2D eigenvalue weighted by Gasteiger charge is -2.29. The van der Waals surface area contributed by atoms with Crippen LogP contribution in [0.3, 0.4) is 0 Å². The van der Waals surface area contributed by atoms with Crippen LogP contribution in [0.4, 0.5) is 0 Å². The SMILES string of the molecule is COc1cc2c(cc1OC)CN(C(=O)CON=C(C)c1cc3ccccc3o1)CC2. The number of hydrogen-bond donors (Lipinski definition) is 0. The highest BCUT2D eigenvalue weighted by molar-refractivity contribution is 5.99. The molecule has 0 unspecified atom stereocenters. The summed E-state index contributed by atoms with van der Waals surface area (Å²) in [4.78, 5) is 19.7. The molecule has 0 atom stereocenters. The van der Waals surface area contributed by atoms with Crippen molar-refractivity contribution in [2.75, 3.05) is 27.4 Å². The van der Waals surface area contributed by atoms with Crippen molar-refractivity contribution >= 4 is 22.6 Å². The van der Waals surface area contributed by atoms with Gasteiger partial charge in [-0.3, -0.25) is 4.79 Å². The second-order valence-corrected chi connectivity index (χ2v) is 7.14. The Balaban J connectivity index is 1.38. The van der Waals surface area contributed by atoms with Crippen molar-refractivity contribution in [2.24, 2.45) is 5.16 Å². The first-order valence-corrected chi connectivity index (χ1v) is 9.76. The lowest BCUT2D eigenvalue weighted by molar-refractivity contribution is -0.137. The van der Waals surface area contributed by atoms with Crippen molar-refractivity contribution in [1.29, 1.82) is 0 Å². The maximum atomic E-state index is 12.6. The molecule has 1 amide bonds. The van der Waals surface area contributed by atoms with Crippen LogP contribution < -0.4 is 9.47 Å². The summed E-state index contributed by atoms with van der Waals surface area (Å²) in [6.07, 6.45) is 0.753. The molecular formula is C23H24N2O5. The van der Waals surface area contributed by atoms with Crippen molar-refractivity contribution in [3.63, 3.8) is 0 Å². The Hall–Kier alpha value is -3.48. The molecule has 7 heteroatoms. The van der Waals surface area contributed by atoms with Crippen LogP contribution in [0.25, 0.3) is 11.0 Å². The monoisotopic (exact) mass is 408 g/mol. The van der Waals surface area contributed by atoms with Gasteiger partial charge in [-0.25, -0.2) is 0 Å². The number of nitrogens with zero attached hydrogens (tertiary/aromatic N) is 2. The molecule has 7 nitrogen and oxygen atoms in total. The Kier molecular flexibility index (Phi) is 5.61. The number of para-hydroxylation sites is 1. The highest BCUT2D eigenvalue weighted by Crippen LogP contribution is 2.33. The van der Waals surface area contributed by atoms with E-state index in [2.05, 4.69) is 5.16 Å². The molecule has 0 fully saturated rings. The minimum atomic E-state index is -0.125. The number of hydrogen-bond acceptors (Lipinski definition) is 6. The van der Waals surface area contributed by atoms with E-state index < -0.39 is 0 Å². The van der Waals surface area contributed by atoms with Gasteiger partial charge < -0.3 is 23.6 Å². The third-order valence-electron chi connectivity index (χ3n) is 5.24. The molecule has 2 aromatic carbocycles. The van der Waals surface area contributed by atoms with E-state index in [4.69, 9.17) is 18.7 Å². The molecule has 0 bridgehead atoms. The lowest BCUT2D eigenvalue weighted by atomic mass is 9.99. The van der Waals surface area contributed by atoms with E-state index in [0.717, 1.165) is 28.5 Å². The number of ether oxygens (including phenoxy) is 2. The van der Waals surface area contributed by atoms with E-state index in [1.165, 1.54) is 0 Å². The molecule has 0 N–H and O–H groups in total. The zero-order chi connectivity index (χ0) is 21.1. The van der Waals surface area contributed by atoms with E-state index in [9.17, 15) is 4.79 Å². The summed E-state index contributed by atoms with van der Waals surface area (Å²) in [5.41, 5.74) is 3.59. The van der Waals surface area contributed by atoms with Gasteiger partial charge in [-0.2, -0.15) is 0 Å². The third-order valence-corrected chi connectivity index (χ3v) is 5.24. The first-order valence-electron chi connectivity index (χ1n) is 9.76. The van der Waals surface area contributed by atoms with Crippen LogP contribution in [0.5, 0.6) is 11.5 Å². The van der Waals surface area contributed by atoms with E-state index in [0.29, 0.717) is 36.1 Å². The summed E-state index contributed by atoms with van der Waals surface area (Å²) in [6.45, 7) is 2.79. The van der Waals surface area contributed by atoms with Gasteiger partial charge in [-0.1, -0.05) is 23.4 Å². The van der Waals surface area contributed by atoms with Gasteiger partial charge in [0, 0.05) is 18.5 Å². The topological polar surface area (TPSA) is 73.5 Å². The summed E-state index contributed by atoms with van der Waals surface area (Å²) in [5, 5.41) is 5.06. The van der Waals surface area contributed by atoms with Crippen LogP contribution >= 0.6 is 0 Å². The maximum Gasteiger partial charge on any atom is 0.263 e.